The topological polar surface area (TPSA) is 43.9 Å². The lowest BCUT2D eigenvalue weighted by atomic mass is 10.1. The van der Waals surface area contributed by atoms with Gasteiger partial charge in [-0.1, -0.05) is 17.7 Å². The molecule has 0 bridgehead atoms. The monoisotopic (exact) mass is 403 g/mol. The predicted molar refractivity (Wildman–Crippen MR) is 109 cm³/mol. The van der Waals surface area contributed by atoms with Gasteiger partial charge in [-0.2, -0.15) is 0 Å². The molecule has 1 aromatic heterocycles. The van der Waals surface area contributed by atoms with E-state index in [9.17, 15) is 9.59 Å². The van der Waals surface area contributed by atoms with Crippen molar-refractivity contribution < 1.29 is 9.59 Å². The second kappa shape index (κ2) is 8.00. The number of anilines is 1. The molecule has 0 N–H and O–H groups in total. The highest BCUT2D eigenvalue weighted by Gasteiger charge is 2.25. The van der Waals surface area contributed by atoms with E-state index < -0.39 is 0 Å². The van der Waals surface area contributed by atoms with E-state index in [-0.39, 0.29) is 11.8 Å². The Morgan fingerprint density at radius 3 is 2.56 bits per heavy atom. The summed E-state index contributed by atoms with van der Waals surface area (Å²) in [4.78, 5) is 32.2. The summed E-state index contributed by atoms with van der Waals surface area (Å²) < 4.78 is 0.815. The molecular formula is C20H22ClN3O2S. The van der Waals surface area contributed by atoms with E-state index in [0.29, 0.717) is 25.1 Å². The van der Waals surface area contributed by atoms with Crippen molar-refractivity contribution in [2.45, 2.75) is 19.4 Å². The average molecular weight is 404 g/mol. The number of thiophene rings is 1. The van der Waals surface area contributed by atoms with Gasteiger partial charge in [0.2, 0.25) is 5.91 Å². The number of carbonyl (C=O) groups is 2. The summed E-state index contributed by atoms with van der Waals surface area (Å²) in [5, 5.41) is 0. The van der Waals surface area contributed by atoms with Crippen molar-refractivity contribution in [1.82, 2.24) is 9.80 Å². The molecule has 0 unspecified atom stereocenters. The quantitative estimate of drug-likeness (QED) is 0.784. The summed E-state index contributed by atoms with van der Waals surface area (Å²) in [5.41, 5.74) is 1.49. The molecule has 2 saturated heterocycles. The van der Waals surface area contributed by atoms with Crippen molar-refractivity contribution in [3.05, 3.63) is 51.2 Å². The number of amides is 2. The van der Waals surface area contributed by atoms with Crippen LogP contribution in [0, 0.1) is 0 Å². The molecule has 2 amide bonds. The highest BCUT2D eigenvalue weighted by atomic mass is 35.5. The van der Waals surface area contributed by atoms with E-state index in [1.807, 2.05) is 35.2 Å². The van der Waals surface area contributed by atoms with Gasteiger partial charge >= 0.3 is 0 Å². The van der Waals surface area contributed by atoms with Crippen LogP contribution in [0.2, 0.25) is 4.34 Å². The minimum absolute atomic E-state index is 0.0438. The molecule has 0 spiro atoms. The van der Waals surface area contributed by atoms with Gasteiger partial charge in [-0.3, -0.25) is 14.5 Å². The number of hydrogen-bond acceptors (Lipinski definition) is 4. The van der Waals surface area contributed by atoms with Crippen LogP contribution in [-0.2, 0) is 11.3 Å². The van der Waals surface area contributed by atoms with Crippen molar-refractivity contribution in [2.75, 3.05) is 37.6 Å². The third-order valence-corrected chi connectivity index (χ3v) is 6.36. The van der Waals surface area contributed by atoms with Gasteiger partial charge in [0.25, 0.3) is 5.91 Å². The Balaban J connectivity index is 1.37. The number of halogens is 1. The maximum atomic E-state index is 12.9. The molecule has 27 heavy (non-hydrogen) atoms. The molecule has 142 valence electrons. The summed E-state index contributed by atoms with van der Waals surface area (Å²) >= 11 is 7.61. The van der Waals surface area contributed by atoms with E-state index in [2.05, 4.69) is 11.0 Å². The third-order valence-electron chi connectivity index (χ3n) is 5.15. The molecule has 0 saturated carbocycles. The zero-order valence-corrected chi connectivity index (χ0v) is 16.6. The molecule has 3 heterocycles. The minimum Gasteiger partial charge on any atom is -0.336 e. The summed E-state index contributed by atoms with van der Waals surface area (Å²) in [6.07, 6.45) is 1.48. The normalized spacial score (nSPS) is 18.3. The SMILES string of the molecule is O=C(c1cccc(N2CCCC2=O)c1)N1CCN(Cc2ccc(Cl)s2)CC1. The summed E-state index contributed by atoms with van der Waals surface area (Å²) in [7, 11) is 0. The van der Waals surface area contributed by atoms with Gasteiger partial charge < -0.3 is 9.80 Å². The van der Waals surface area contributed by atoms with Crippen LogP contribution in [0.4, 0.5) is 5.69 Å². The Labute approximate surface area is 168 Å². The van der Waals surface area contributed by atoms with Crippen LogP contribution in [0.3, 0.4) is 0 Å². The predicted octanol–water partition coefficient (Wildman–Crippen LogP) is 3.49. The molecule has 2 aromatic rings. The molecule has 2 aliphatic heterocycles. The van der Waals surface area contributed by atoms with E-state index in [4.69, 9.17) is 11.6 Å². The van der Waals surface area contributed by atoms with Crippen LogP contribution in [0.15, 0.2) is 36.4 Å². The van der Waals surface area contributed by atoms with Crippen LogP contribution in [0.1, 0.15) is 28.1 Å². The molecule has 5 nitrogen and oxygen atoms in total. The molecule has 4 rings (SSSR count). The molecule has 1 aromatic carbocycles. The van der Waals surface area contributed by atoms with E-state index in [1.165, 1.54) is 4.88 Å². The van der Waals surface area contributed by atoms with Crippen molar-refractivity contribution in [3.63, 3.8) is 0 Å². The summed E-state index contributed by atoms with van der Waals surface area (Å²) in [6, 6.07) is 11.5. The Morgan fingerprint density at radius 2 is 1.89 bits per heavy atom. The zero-order valence-electron chi connectivity index (χ0n) is 15.1. The largest absolute Gasteiger partial charge is 0.336 e. The second-order valence-electron chi connectivity index (χ2n) is 6.97. The molecule has 0 atom stereocenters. The van der Waals surface area contributed by atoms with Gasteiger partial charge in [0.05, 0.1) is 4.34 Å². The van der Waals surface area contributed by atoms with Crippen LogP contribution in [0.25, 0.3) is 0 Å². The van der Waals surface area contributed by atoms with Crippen LogP contribution < -0.4 is 4.90 Å². The second-order valence-corrected chi connectivity index (χ2v) is 8.77. The lowest BCUT2D eigenvalue weighted by Gasteiger charge is -2.34. The lowest BCUT2D eigenvalue weighted by molar-refractivity contribution is -0.117. The Bertz CT molecular complexity index is 845. The van der Waals surface area contributed by atoms with E-state index in [1.54, 1.807) is 16.2 Å². The minimum atomic E-state index is 0.0438. The smallest absolute Gasteiger partial charge is 0.254 e. The first-order chi connectivity index (χ1) is 13.1. The van der Waals surface area contributed by atoms with Gasteiger partial charge in [-0.25, -0.2) is 0 Å². The van der Waals surface area contributed by atoms with Gasteiger partial charge in [0.1, 0.15) is 0 Å². The molecule has 2 aliphatic rings. The zero-order chi connectivity index (χ0) is 18.8. The first-order valence-electron chi connectivity index (χ1n) is 9.26. The van der Waals surface area contributed by atoms with Crippen molar-refractivity contribution in [2.24, 2.45) is 0 Å². The fraction of sp³-hybridized carbons (Fsp3) is 0.400. The van der Waals surface area contributed by atoms with E-state index >= 15 is 0 Å². The number of benzene rings is 1. The fourth-order valence-corrected chi connectivity index (χ4v) is 4.81. The summed E-state index contributed by atoms with van der Waals surface area (Å²) in [5.74, 6) is 0.184. The maximum absolute atomic E-state index is 12.9. The van der Waals surface area contributed by atoms with Crippen molar-refractivity contribution in [1.29, 1.82) is 0 Å². The molecular weight excluding hydrogens is 382 g/mol. The van der Waals surface area contributed by atoms with Gasteiger partial charge in [-0.15, -0.1) is 11.3 Å². The molecule has 0 radical (unpaired) electrons. The number of rotatable bonds is 4. The van der Waals surface area contributed by atoms with Crippen LogP contribution >= 0.6 is 22.9 Å². The fourth-order valence-electron chi connectivity index (χ4n) is 3.68. The lowest BCUT2D eigenvalue weighted by Crippen LogP contribution is -2.48. The number of hydrogen-bond donors (Lipinski definition) is 0. The van der Waals surface area contributed by atoms with Crippen LogP contribution in [-0.4, -0.2) is 54.3 Å². The first-order valence-corrected chi connectivity index (χ1v) is 10.5. The van der Waals surface area contributed by atoms with Crippen molar-refractivity contribution >= 4 is 40.4 Å². The van der Waals surface area contributed by atoms with Gasteiger partial charge in [0.15, 0.2) is 0 Å². The molecule has 7 heteroatoms. The number of nitrogens with zero attached hydrogens (tertiary/aromatic N) is 3. The number of piperazine rings is 1. The Hall–Kier alpha value is -1.89. The average Bonchev–Trinajstić information content (AvgIpc) is 3.30. The highest BCUT2D eigenvalue weighted by Crippen LogP contribution is 2.24. The first kappa shape index (κ1) is 18.5. The highest BCUT2D eigenvalue weighted by molar-refractivity contribution is 7.16. The van der Waals surface area contributed by atoms with Gasteiger partial charge in [0, 0.05) is 61.8 Å². The van der Waals surface area contributed by atoms with Crippen molar-refractivity contribution in [3.8, 4) is 0 Å². The van der Waals surface area contributed by atoms with E-state index in [0.717, 1.165) is 42.6 Å². The third kappa shape index (κ3) is 4.18. The molecule has 0 aliphatic carbocycles. The standard InChI is InChI=1S/C20H22ClN3O2S/c21-18-7-6-17(27-18)14-22-9-11-23(12-10-22)20(26)15-3-1-4-16(13-15)24-8-2-5-19(24)25/h1,3-4,6-7,13H,2,5,8-12,14H2. The molecule has 2 fully saturated rings. The summed E-state index contributed by atoms with van der Waals surface area (Å²) in [6.45, 7) is 4.75. The number of carbonyl (C=O) groups excluding carboxylic acids is 2. The Kier molecular flexibility index (Phi) is 5.48. The maximum Gasteiger partial charge on any atom is 0.254 e. The van der Waals surface area contributed by atoms with Gasteiger partial charge in [-0.05, 0) is 36.8 Å². The van der Waals surface area contributed by atoms with Crippen LogP contribution in [0.5, 0.6) is 0 Å². The Morgan fingerprint density at radius 1 is 1.07 bits per heavy atom.